The summed E-state index contributed by atoms with van der Waals surface area (Å²) >= 11 is 0. The van der Waals surface area contributed by atoms with E-state index in [1.54, 1.807) is 6.08 Å². The highest BCUT2D eigenvalue weighted by atomic mass is 32.2. The van der Waals surface area contributed by atoms with Gasteiger partial charge >= 0.3 is 0 Å². The molecule has 1 aromatic carbocycles. The van der Waals surface area contributed by atoms with Crippen LogP contribution >= 0.6 is 0 Å². The Morgan fingerprint density at radius 3 is 2.31 bits per heavy atom. The molecule has 0 aliphatic heterocycles. The lowest BCUT2D eigenvalue weighted by Gasteiger charge is -2.13. The zero-order valence-electron chi connectivity index (χ0n) is 9.26. The van der Waals surface area contributed by atoms with Crippen molar-refractivity contribution in [3.8, 4) is 0 Å². The van der Waals surface area contributed by atoms with E-state index in [2.05, 4.69) is 6.58 Å². The maximum absolute atomic E-state index is 10.8. The summed E-state index contributed by atoms with van der Waals surface area (Å²) in [6.45, 7) is 5.55. The molecule has 16 heavy (non-hydrogen) atoms. The summed E-state index contributed by atoms with van der Waals surface area (Å²) in [7, 11) is -3.92. The SMILES string of the molecule is C=Cc1ccc(C(CC)CS(=O)(=O)O)cc1. The summed E-state index contributed by atoms with van der Waals surface area (Å²) in [5.74, 6) is -0.384. The number of benzene rings is 1. The van der Waals surface area contributed by atoms with Gasteiger partial charge in [0.15, 0.2) is 0 Å². The van der Waals surface area contributed by atoms with E-state index in [-0.39, 0.29) is 11.7 Å². The van der Waals surface area contributed by atoms with Crippen molar-refractivity contribution in [2.75, 3.05) is 5.75 Å². The Kier molecular flexibility index (Phi) is 4.26. The number of hydrogen-bond acceptors (Lipinski definition) is 2. The van der Waals surface area contributed by atoms with Gasteiger partial charge in [-0.2, -0.15) is 8.42 Å². The Morgan fingerprint density at radius 1 is 1.38 bits per heavy atom. The fourth-order valence-corrected chi connectivity index (χ4v) is 2.54. The summed E-state index contributed by atoms with van der Waals surface area (Å²) in [6, 6.07) is 7.51. The van der Waals surface area contributed by atoms with Crippen molar-refractivity contribution in [1.82, 2.24) is 0 Å². The highest BCUT2D eigenvalue weighted by molar-refractivity contribution is 7.85. The third kappa shape index (κ3) is 3.79. The highest BCUT2D eigenvalue weighted by Crippen LogP contribution is 2.21. The predicted octanol–water partition coefficient (Wildman–Crippen LogP) is 2.71. The summed E-state index contributed by atoms with van der Waals surface area (Å²) in [5, 5.41) is 0. The smallest absolute Gasteiger partial charge is 0.265 e. The molecule has 3 nitrogen and oxygen atoms in total. The Labute approximate surface area is 96.6 Å². The minimum atomic E-state index is -3.92. The zero-order chi connectivity index (χ0) is 12.2. The topological polar surface area (TPSA) is 54.4 Å². The van der Waals surface area contributed by atoms with Gasteiger partial charge in [-0.25, -0.2) is 0 Å². The number of hydrogen-bond donors (Lipinski definition) is 1. The van der Waals surface area contributed by atoms with Crippen LogP contribution in [0, 0.1) is 0 Å². The Balaban J connectivity index is 2.91. The molecule has 1 atom stereocenters. The minimum Gasteiger partial charge on any atom is -0.286 e. The van der Waals surface area contributed by atoms with Crippen molar-refractivity contribution < 1.29 is 13.0 Å². The van der Waals surface area contributed by atoms with Gasteiger partial charge in [-0.15, -0.1) is 0 Å². The van der Waals surface area contributed by atoms with Crippen molar-refractivity contribution in [3.05, 3.63) is 42.0 Å². The molecular formula is C12H16O3S. The van der Waals surface area contributed by atoms with Gasteiger partial charge in [-0.1, -0.05) is 43.8 Å². The molecule has 0 amide bonds. The van der Waals surface area contributed by atoms with E-state index < -0.39 is 10.1 Å². The third-order valence-electron chi connectivity index (χ3n) is 2.55. The van der Waals surface area contributed by atoms with Crippen molar-refractivity contribution in [2.24, 2.45) is 0 Å². The summed E-state index contributed by atoms with van der Waals surface area (Å²) < 4.78 is 30.5. The fourth-order valence-electron chi connectivity index (χ4n) is 1.61. The van der Waals surface area contributed by atoms with E-state index >= 15 is 0 Å². The summed E-state index contributed by atoms with van der Waals surface area (Å²) in [5.41, 5.74) is 1.91. The van der Waals surface area contributed by atoms with Gasteiger partial charge in [0.1, 0.15) is 0 Å². The van der Waals surface area contributed by atoms with Gasteiger partial charge in [0.25, 0.3) is 10.1 Å². The van der Waals surface area contributed by atoms with Crippen LogP contribution < -0.4 is 0 Å². The average molecular weight is 240 g/mol. The first-order chi connectivity index (χ1) is 7.46. The molecule has 0 radical (unpaired) electrons. The molecule has 0 aromatic heterocycles. The van der Waals surface area contributed by atoms with Crippen LogP contribution in [-0.4, -0.2) is 18.7 Å². The molecular weight excluding hydrogens is 224 g/mol. The lowest BCUT2D eigenvalue weighted by atomic mass is 9.97. The molecule has 0 aliphatic rings. The maximum Gasteiger partial charge on any atom is 0.265 e. The Morgan fingerprint density at radius 2 is 1.94 bits per heavy atom. The molecule has 0 fully saturated rings. The van der Waals surface area contributed by atoms with E-state index in [0.29, 0.717) is 6.42 Å². The van der Waals surface area contributed by atoms with Gasteiger partial charge in [-0.05, 0) is 23.5 Å². The molecule has 0 heterocycles. The highest BCUT2D eigenvalue weighted by Gasteiger charge is 2.16. The lowest BCUT2D eigenvalue weighted by Crippen LogP contribution is -2.13. The van der Waals surface area contributed by atoms with Crippen LogP contribution in [0.3, 0.4) is 0 Å². The second kappa shape index (κ2) is 5.27. The molecule has 1 unspecified atom stereocenters. The van der Waals surface area contributed by atoms with Gasteiger partial charge in [0.2, 0.25) is 0 Å². The molecule has 0 saturated carbocycles. The lowest BCUT2D eigenvalue weighted by molar-refractivity contribution is 0.476. The number of rotatable bonds is 5. The third-order valence-corrected chi connectivity index (χ3v) is 3.37. The second-order valence-electron chi connectivity index (χ2n) is 3.72. The van der Waals surface area contributed by atoms with E-state index in [4.69, 9.17) is 4.55 Å². The fraction of sp³-hybridized carbons (Fsp3) is 0.333. The molecule has 0 aliphatic carbocycles. The van der Waals surface area contributed by atoms with Gasteiger partial charge in [0, 0.05) is 0 Å². The van der Waals surface area contributed by atoms with Crippen molar-refractivity contribution >= 4 is 16.2 Å². The van der Waals surface area contributed by atoms with Crippen LogP contribution in [0.5, 0.6) is 0 Å². The van der Waals surface area contributed by atoms with Crippen molar-refractivity contribution in [1.29, 1.82) is 0 Å². The van der Waals surface area contributed by atoms with E-state index in [9.17, 15) is 8.42 Å². The van der Waals surface area contributed by atoms with Gasteiger partial charge in [0.05, 0.1) is 5.75 Å². The van der Waals surface area contributed by atoms with Crippen LogP contribution in [-0.2, 0) is 10.1 Å². The van der Waals surface area contributed by atoms with Crippen LogP contribution in [0.25, 0.3) is 6.08 Å². The van der Waals surface area contributed by atoms with Gasteiger partial charge < -0.3 is 0 Å². The molecule has 1 N–H and O–H groups in total. The minimum absolute atomic E-state index is 0.158. The van der Waals surface area contributed by atoms with E-state index in [1.165, 1.54) is 0 Å². The molecule has 0 saturated heterocycles. The average Bonchev–Trinajstić information content (AvgIpc) is 2.25. The molecule has 0 bridgehead atoms. The standard InChI is InChI=1S/C12H16O3S/c1-3-10-5-7-12(8-6-10)11(4-2)9-16(13,14)15/h3,5-8,11H,1,4,9H2,2H3,(H,13,14,15). The quantitative estimate of drug-likeness (QED) is 0.805. The first-order valence-corrected chi connectivity index (χ1v) is 6.74. The predicted molar refractivity (Wildman–Crippen MR) is 66.0 cm³/mol. The largest absolute Gasteiger partial charge is 0.286 e. The summed E-state index contributed by atoms with van der Waals surface area (Å²) in [4.78, 5) is 0. The monoisotopic (exact) mass is 240 g/mol. The molecule has 1 rings (SSSR count). The summed E-state index contributed by atoms with van der Waals surface area (Å²) in [6.07, 6.45) is 2.40. The van der Waals surface area contributed by atoms with Crippen LogP contribution in [0.15, 0.2) is 30.8 Å². The normalized spacial score (nSPS) is 13.4. The second-order valence-corrected chi connectivity index (χ2v) is 5.22. The first-order valence-electron chi connectivity index (χ1n) is 5.14. The van der Waals surface area contributed by atoms with Gasteiger partial charge in [-0.3, -0.25) is 4.55 Å². The molecule has 1 aromatic rings. The molecule has 4 heteroatoms. The van der Waals surface area contributed by atoms with Crippen LogP contribution in [0.2, 0.25) is 0 Å². The van der Waals surface area contributed by atoms with E-state index in [0.717, 1.165) is 11.1 Å². The van der Waals surface area contributed by atoms with Crippen molar-refractivity contribution in [2.45, 2.75) is 19.3 Å². The Bertz CT molecular complexity index is 446. The zero-order valence-corrected chi connectivity index (χ0v) is 10.1. The van der Waals surface area contributed by atoms with Crippen LogP contribution in [0.1, 0.15) is 30.4 Å². The first kappa shape index (κ1) is 12.9. The Hall–Kier alpha value is -1.13. The molecule has 0 spiro atoms. The maximum atomic E-state index is 10.8. The van der Waals surface area contributed by atoms with Crippen LogP contribution in [0.4, 0.5) is 0 Å². The molecule has 88 valence electrons. The van der Waals surface area contributed by atoms with Crippen molar-refractivity contribution in [3.63, 3.8) is 0 Å². The van der Waals surface area contributed by atoms with E-state index in [1.807, 2.05) is 31.2 Å².